The Morgan fingerprint density at radius 3 is 3.17 bits per heavy atom. The summed E-state index contributed by atoms with van der Waals surface area (Å²) in [5.41, 5.74) is 1.40. The van der Waals surface area contributed by atoms with Crippen molar-refractivity contribution in [2.75, 3.05) is 6.54 Å². The van der Waals surface area contributed by atoms with Gasteiger partial charge in [0.15, 0.2) is 0 Å². The summed E-state index contributed by atoms with van der Waals surface area (Å²) in [4.78, 5) is 6.56. The maximum atomic E-state index is 4.20. The summed E-state index contributed by atoms with van der Waals surface area (Å²) in [5.74, 6) is 0. The molecule has 0 radical (unpaired) electrons. The van der Waals surface area contributed by atoms with E-state index in [0.29, 0.717) is 6.04 Å². The molecule has 2 aromatic rings. The van der Waals surface area contributed by atoms with Crippen molar-refractivity contribution in [3.05, 3.63) is 33.5 Å². The smallest absolute Gasteiger partial charge is 0.137 e. The van der Waals surface area contributed by atoms with Gasteiger partial charge in [0.05, 0.1) is 10.3 Å². The van der Waals surface area contributed by atoms with E-state index >= 15 is 0 Å². The SMILES string of the molecule is Brc1cc(CN2CCC[C@@H]2Cn2cncn2)cs1. The number of halogens is 1. The van der Waals surface area contributed by atoms with Gasteiger partial charge < -0.3 is 0 Å². The monoisotopic (exact) mass is 326 g/mol. The van der Waals surface area contributed by atoms with Crippen molar-refractivity contribution < 1.29 is 0 Å². The molecular weight excluding hydrogens is 312 g/mol. The fourth-order valence-corrected chi connectivity index (χ4v) is 3.72. The highest BCUT2D eigenvalue weighted by Gasteiger charge is 2.25. The first-order valence-electron chi connectivity index (χ1n) is 6.10. The molecule has 0 spiro atoms. The van der Waals surface area contributed by atoms with E-state index in [1.807, 2.05) is 4.68 Å². The molecule has 1 aliphatic rings. The molecule has 1 saturated heterocycles. The number of hydrogen-bond acceptors (Lipinski definition) is 4. The molecule has 3 rings (SSSR count). The van der Waals surface area contributed by atoms with Crippen LogP contribution in [0, 0.1) is 0 Å². The van der Waals surface area contributed by atoms with Gasteiger partial charge in [-0.05, 0) is 52.3 Å². The van der Waals surface area contributed by atoms with Crippen LogP contribution >= 0.6 is 27.3 Å². The normalized spacial score (nSPS) is 20.6. The molecule has 0 aliphatic carbocycles. The molecule has 4 nitrogen and oxygen atoms in total. The summed E-state index contributed by atoms with van der Waals surface area (Å²) in [6.45, 7) is 3.18. The average Bonchev–Trinajstić information content (AvgIpc) is 3.05. The van der Waals surface area contributed by atoms with Crippen molar-refractivity contribution in [2.45, 2.75) is 32.0 Å². The second-order valence-electron chi connectivity index (χ2n) is 4.64. The number of hydrogen-bond donors (Lipinski definition) is 0. The number of rotatable bonds is 4. The van der Waals surface area contributed by atoms with Gasteiger partial charge in [0.25, 0.3) is 0 Å². The van der Waals surface area contributed by atoms with Crippen LogP contribution in [0.15, 0.2) is 27.9 Å². The Morgan fingerprint density at radius 2 is 2.44 bits per heavy atom. The zero-order chi connectivity index (χ0) is 12.4. The molecule has 2 aromatic heterocycles. The Balaban J connectivity index is 1.64. The zero-order valence-corrected chi connectivity index (χ0v) is 12.4. The summed E-state index contributed by atoms with van der Waals surface area (Å²) < 4.78 is 3.15. The third kappa shape index (κ3) is 2.81. The number of likely N-dealkylation sites (tertiary alicyclic amines) is 1. The molecule has 96 valence electrons. The fraction of sp³-hybridized carbons (Fsp3) is 0.500. The third-order valence-corrected chi connectivity index (χ3v) is 4.92. The van der Waals surface area contributed by atoms with Crippen LogP contribution < -0.4 is 0 Å². The molecule has 0 N–H and O–H groups in total. The number of aromatic nitrogens is 3. The minimum absolute atomic E-state index is 0.588. The average molecular weight is 327 g/mol. The first kappa shape index (κ1) is 12.3. The summed E-state index contributed by atoms with van der Waals surface area (Å²) in [7, 11) is 0. The van der Waals surface area contributed by atoms with Crippen LogP contribution in [0.25, 0.3) is 0 Å². The molecule has 18 heavy (non-hydrogen) atoms. The lowest BCUT2D eigenvalue weighted by atomic mass is 10.2. The predicted octanol–water partition coefficient (Wildman–Crippen LogP) is 2.77. The first-order valence-corrected chi connectivity index (χ1v) is 7.78. The molecule has 1 aliphatic heterocycles. The van der Waals surface area contributed by atoms with Crippen LogP contribution in [0.2, 0.25) is 0 Å². The molecule has 0 aromatic carbocycles. The van der Waals surface area contributed by atoms with Crippen molar-refractivity contribution in [1.29, 1.82) is 0 Å². The van der Waals surface area contributed by atoms with Crippen LogP contribution in [0.5, 0.6) is 0 Å². The Morgan fingerprint density at radius 1 is 1.50 bits per heavy atom. The summed E-state index contributed by atoms with van der Waals surface area (Å²) >= 11 is 5.28. The van der Waals surface area contributed by atoms with E-state index in [9.17, 15) is 0 Å². The fourth-order valence-electron chi connectivity index (χ4n) is 2.52. The van der Waals surface area contributed by atoms with Gasteiger partial charge in [-0.15, -0.1) is 11.3 Å². The van der Waals surface area contributed by atoms with E-state index in [1.54, 1.807) is 24.0 Å². The van der Waals surface area contributed by atoms with Crippen LogP contribution in [0.4, 0.5) is 0 Å². The molecular formula is C12H15BrN4S. The van der Waals surface area contributed by atoms with Crippen molar-refractivity contribution in [1.82, 2.24) is 19.7 Å². The number of thiophene rings is 1. The second kappa shape index (κ2) is 5.50. The van der Waals surface area contributed by atoms with E-state index in [-0.39, 0.29) is 0 Å². The van der Waals surface area contributed by atoms with Crippen molar-refractivity contribution in [3.63, 3.8) is 0 Å². The van der Waals surface area contributed by atoms with Crippen LogP contribution in [-0.2, 0) is 13.1 Å². The lowest BCUT2D eigenvalue weighted by molar-refractivity contribution is 0.219. The Kier molecular flexibility index (Phi) is 3.77. The van der Waals surface area contributed by atoms with Gasteiger partial charge in [-0.1, -0.05) is 0 Å². The number of nitrogens with zero attached hydrogens (tertiary/aromatic N) is 4. The summed E-state index contributed by atoms with van der Waals surface area (Å²) in [5, 5.41) is 6.43. The zero-order valence-electron chi connectivity index (χ0n) is 10.00. The Hall–Kier alpha value is -0.720. The first-order chi connectivity index (χ1) is 8.81. The lowest BCUT2D eigenvalue weighted by Gasteiger charge is -2.23. The molecule has 0 amide bonds. The van der Waals surface area contributed by atoms with E-state index in [2.05, 4.69) is 42.4 Å². The van der Waals surface area contributed by atoms with Gasteiger partial charge >= 0.3 is 0 Å². The quantitative estimate of drug-likeness (QED) is 0.866. The van der Waals surface area contributed by atoms with Gasteiger partial charge in [-0.2, -0.15) is 5.10 Å². The van der Waals surface area contributed by atoms with Crippen molar-refractivity contribution in [3.8, 4) is 0 Å². The van der Waals surface area contributed by atoms with Gasteiger partial charge in [0.2, 0.25) is 0 Å². The molecule has 1 atom stereocenters. The Labute approximate surface area is 119 Å². The van der Waals surface area contributed by atoms with E-state index < -0.39 is 0 Å². The standard InChI is InChI=1S/C12H15BrN4S/c13-12-4-10(7-18-12)5-16-3-1-2-11(16)6-17-9-14-8-15-17/h4,7-9,11H,1-3,5-6H2/t11-/m1/s1. The van der Waals surface area contributed by atoms with Crippen molar-refractivity contribution >= 4 is 27.3 Å². The minimum Gasteiger partial charge on any atom is -0.294 e. The summed E-state index contributed by atoms with van der Waals surface area (Å²) in [6.07, 6.45) is 5.95. The molecule has 0 unspecified atom stereocenters. The highest BCUT2D eigenvalue weighted by molar-refractivity contribution is 9.11. The molecule has 6 heteroatoms. The molecule has 0 bridgehead atoms. The topological polar surface area (TPSA) is 34.0 Å². The molecule has 1 fully saturated rings. The maximum absolute atomic E-state index is 4.20. The van der Waals surface area contributed by atoms with Gasteiger partial charge in [-0.25, -0.2) is 4.98 Å². The van der Waals surface area contributed by atoms with Gasteiger partial charge in [-0.3, -0.25) is 9.58 Å². The predicted molar refractivity (Wildman–Crippen MR) is 75.5 cm³/mol. The van der Waals surface area contributed by atoms with E-state index in [0.717, 1.165) is 13.1 Å². The van der Waals surface area contributed by atoms with E-state index in [1.165, 1.54) is 28.7 Å². The van der Waals surface area contributed by atoms with Crippen LogP contribution in [0.3, 0.4) is 0 Å². The Bertz CT molecular complexity index is 496. The maximum Gasteiger partial charge on any atom is 0.137 e. The third-order valence-electron chi connectivity index (χ3n) is 3.37. The highest BCUT2D eigenvalue weighted by Crippen LogP contribution is 2.25. The second-order valence-corrected chi connectivity index (χ2v) is 6.93. The van der Waals surface area contributed by atoms with E-state index in [4.69, 9.17) is 0 Å². The van der Waals surface area contributed by atoms with Gasteiger partial charge in [0.1, 0.15) is 12.7 Å². The van der Waals surface area contributed by atoms with Crippen molar-refractivity contribution in [2.24, 2.45) is 0 Å². The highest BCUT2D eigenvalue weighted by atomic mass is 79.9. The summed E-state index contributed by atoms with van der Waals surface area (Å²) in [6, 6.07) is 2.81. The van der Waals surface area contributed by atoms with Gasteiger partial charge in [0, 0.05) is 12.6 Å². The van der Waals surface area contributed by atoms with Crippen LogP contribution in [0.1, 0.15) is 18.4 Å². The largest absolute Gasteiger partial charge is 0.294 e. The molecule has 0 saturated carbocycles. The minimum atomic E-state index is 0.588. The van der Waals surface area contributed by atoms with Crippen LogP contribution in [-0.4, -0.2) is 32.3 Å². The molecule has 3 heterocycles. The lowest BCUT2D eigenvalue weighted by Crippen LogP contribution is -2.32.